The third-order valence-corrected chi connectivity index (χ3v) is 6.36. The van der Waals surface area contributed by atoms with Gasteiger partial charge in [0, 0.05) is 25.3 Å². The third-order valence-electron chi connectivity index (χ3n) is 5.55. The zero-order valence-electron chi connectivity index (χ0n) is 15.2. The van der Waals surface area contributed by atoms with Gasteiger partial charge in [-0.05, 0) is 60.6 Å². The van der Waals surface area contributed by atoms with Crippen molar-refractivity contribution in [1.82, 2.24) is 20.4 Å². The molecule has 1 amide bonds. The summed E-state index contributed by atoms with van der Waals surface area (Å²) in [6, 6.07) is 0. The molecule has 140 valence electrons. The molecular weight excluding hydrogens is 384 g/mol. The first kappa shape index (κ1) is 18.9. The molecule has 2 aliphatic heterocycles. The van der Waals surface area contributed by atoms with Crippen molar-refractivity contribution in [3.05, 3.63) is 15.9 Å². The zero-order valence-corrected chi connectivity index (χ0v) is 16.8. The van der Waals surface area contributed by atoms with E-state index in [0.717, 1.165) is 49.3 Å². The fourth-order valence-corrected chi connectivity index (χ4v) is 4.74. The molecule has 0 bridgehead atoms. The van der Waals surface area contributed by atoms with Gasteiger partial charge in [-0.25, -0.2) is 0 Å². The van der Waals surface area contributed by atoms with Crippen LogP contribution in [0.5, 0.6) is 0 Å². The Morgan fingerprint density at radius 3 is 2.60 bits per heavy atom. The van der Waals surface area contributed by atoms with Crippen LogP contribution in [0.3, 0.4) is 0 Å². The first-order valence-corrected chi connectivity index (χ1v) is 10.2. The second-order valence-corrected chi connectivity index (χ2v) is 8.31. The Hall–Kier alpha value is -0.920. The molecule has 3 heterocycles. The molecule has 2 N–H and O–H groups in total. The molecule has 0 spiro atoms. The van der Waals surface area contributed by atoms with Crippen LogP contribution in [0, 0.1) is 0 Å². The van der Waals surface area contributed by atoms with Crippen molar-refractivity contribution in [2.24, 2.45) is 0 Å². The second kappa shape index (κ2) is 8.18. The maximum atomic E-state index is 12.7. The van der Waals surface area contributed by atoms with E-state index in [1.807, 2.05) is 0 Å². The maximum absolute atomic E-state index is 12.7. The van der Waals surface area contributed by atoms with Gasteiger partial charge in [-0.15, -0.1) is 0 Å². The summed E-state index contributed by atoms with van der Waals surface area (Å²) in [6.07, 6.45) is 5.77. The minimum Gasteiger partial charge on any atom is -0.381 e. The molecule has 0 aromatic carbocycles. The van der Waals surface area contributed by atoms with Crippen LogP contribution < -0.4 is 5.32 Å². The normalized spacial score (nSPS) is 21.4. The second-order valence-electron chi connectivity index (χ2n) is 7.52. The highest BCUT2D eigenvalue weighted by Crippen LogP contribution is 2.31. The highest BCUT2D eigenvalue weighted by Gasteiger charge is 2.39. The molecule has 0 aliphatic carbocycles. The number of carbonyl (C=O) groups excluding carboxylic acids is 1. The number of halogens is 1. The van der Waals surface area contributed by atoms with E-state index in [-0.39, 0.29) is 11.4 Å². The molecule has 2 saturated heterocycles. The number of hydrogen-bond donors (Lipinski definition) is 2. The smallest absolute Gasteiger partial charge is 0.273 e. The lowest BCUT2D eigenvalue weighted by molar-refractivity contribution is -0.0349. The molecule has 3 rings (SSSR count). The summed E-state index contributed by atoms with van der Waals surface area (Å²) in [5, 5.41) is 10.3. The molecule has 1 aromatic heterocycles. The van der Waals surface area contributed by atoms with Gasteiger partial charge in [0.05, 0.1) is 10.2 Å². The standard InChI is InChI=1S/C18H29BrN4O2/c1-13(2)15-14(19)16(22-21-15)17(24)20-12-18(6-10-25-11-7-18)23-8-4-3-5-9-23/h13H,3-12H2,1-2H3,(H,20,24)(H,21,22). The molecule has 0 unspecified atom stereocenters. The lowest BCUT2D eigenvalue weighted by Crippen LogP contribution is -2.59. The van der Waals surface area contributed by atoms with Crippen LogP contribution in [-0.4, -0.2) is 59.4 Å². The third kappa shape index (κ3) is 4.09. The molecule has 7 heteroatoms. The van der Waals surface area contributed by atoms with E-state index in [2.05, 4.69) is 50.2 Å². The Bertz CT molecular complexity index is 590. The Labute approximate surface area is 158 Å². The lowest BCUT2D eigenvalue weighted by atomic mass is 9.86. The van der Waals surface area contributed by atoms with Crippen LogP contribution >= 0.6 is 15.9 Å². The predicted octanol–water partition coefficient (Wildman–Crippen LogP) is 3.06. The van der Waals surface area contributed by atoms with Crippen LogP contribution in [0.25, 0.3) is 0 Å². The number of likely N-dealkylation sites (tertiary alicyclic amines) is 1. The Kier molecular flexibility index (Phi) is 6.17. The zero-order chi connectivity index (χ0) is 17.9. The van der Waals surface area contributed by atoms with E-state index >= 15 is 0 Å². The van der Waals surface area contributed by atoms with E-state index in [9.17, 15) is 4.79 Å². The van der Waals surface area contributed by atoms with Gasteiger partial charge in [-0.2, -0.15) is 5.10 Å². The Balaban J connectivity index is 1.69. The minimum atomic E-state index is -0.113. The van der Waals surface area contributed by atoms with Crippen LogP contribution in [0.1, 0.15) is 68.1 Å². The Morgan fingerprint density at radius 2 is 2.00 bits per heavy atom. The van der Waals surface area contributed by atoms with Crippen molar-refractivity contribution in [1.29, 1.82) is 0 Å². The van der Waals surface area contributed by atoms with E-state index < -0.39 is 0 Å². The maximum Gasteiger partial charge on any atom is 0.273 e. The molecule has 1 aromatic rings. The topological polar surface area (TPSA) is 70.2 Å². The highest BCUT2D eigenvalue weighted by molar-refractivity contribution is 9.10. The number of piperidine rings is 1. The highest BCUT2D eigenvalue weighted by atomic mass is 79.9. The van der Waals surface area contributed by atoms with Gasteiger partial charge >= 0.3 is 0 Å². The fraction of sp³-hybridized carbons (Fsp3) is 0.778. The average molecular weight is 413 g/mol. The number of H-pyrrole nitrogens is 1. The number of nitrogens with one attached hydrogen (secondary N) is 2. The Morgan fingerprint density at radius 1 is 1.32 bits per heavy atom. The van der Waals surface area contributed by atoms with Gasteiger partial charge in [0.1, 0.15) is 0 Å². The molecule has 25 heavy (non-hydrogen) atoms. The SMILES string of the molecule is CC(C)c1[nH]nc(C(=O)NCC2(N3CCCCC3)CCOCC2)c1Br. The molecular formula is C18H29BrN4O2. The predicted molar refractivity (Wildman–Crippen MR) is 101 cm³/mol. The summed E-state index contributed by atoms with van der Waals surface area (Å²) < 4.78 is 6.37. The monoisotopic (exact) mass is 412 g/mol. The van der Waals surface area contributed by atoms with Gasteiger partial charge in [0.25, 0.3) is 5.91 Å². The van der Waals surface area contributed by atoms with Crippen molar-refractivity contribution in [3.63, 3.8) is 0 Å². The number of hydrogen-bond acceptors (Lipinski definition) is 4. The van der Waals surface area contributed by atoms with Crippen molar-refractivity contribution in [3.8, 4) is 0 Å². The van der Waals surface area contributed by atoms with Crippen molar-refractivity contribution in [2.45, 2.75) is 57.4 Å². The van der Waals surface area contributed by atoms with Gasteiger partial charge in [-0.3, -0.25) is 14.8 Å². The number of ether oxygens (including phenoxy) is 1. The summed E-state index contributed by atoms with van der Waals surface area (Å²) in [5.41, 5.74) is 1.43. The molecule has 6 nitrogen and oxygen atoms in total. The molecule has 2 fully saturated rings. The summed E-state index contributed by atoms with van der Waals surface area (Å²) in [7, 11) is 0. The number of carbonyl (C=O) groups is 1. The number of amides is 1. The molecule has 2 aliphatic rings. The van der Waals surface area contributed by atoms with Gasteiger partial charge in [0.2, 0.25) is 0 Å². The first-order chi connectivity index (χ1) is 12.0. The molecule has 0 radical (unpaired) electrons. The minimum absolute atomic E-state index is 0.0258. The quantitative estimate of drug-likeness (QED) is 0.779. The van der Waals surface area contributed by atoms with Crippen molar-refractivity contribution >= 4 is 21.8 Å². The van der Waals surface area contributed by atoms with Crippen LogP contribution in [0.15, 0.2) is 4.47 Å². The lowest BCUT2D eigenvalue weighted by Gasteiger charge is -2.48. The summed E-state index contributed by atoms with van der Waals surface area (Å²) in [6.45, 7) is 8.61. The number of rotatable bonds is 5. The van der Waals surface area contributed by atoms with Crippen molar-refractivity contribution < 1.29 is 9.53 Å². The molecule has 0 atom stereocenters. The average Bonchev–Trinajstić information content (AvgIpc) is 3.03. The molecule has 0 saturated carbocycles. The fourth-order valence-electron chi connectivity index (χ4n) is 3.93. The largest absolute Gasteiger partial charge is 0.381 e. The van der Waals surface area contributed by atoms with E-state index in [0.29, 0.717) is 18.2 Å². The summed E-state index contributed by atoms with van der Waals surface area (Å²) in [5.74, 6) is 0.177. The number of nitrogens with zero attached hydrogens (tertiary/aromatic N) is 2. The number of aromatic nitrogens is 2. The summed E-state index contributed by atoms with van der Waals surface area (Å²) >= 11 is 3.52. The van der Waals surface area contributed by atoms with E-state index in [4.69, 9.17) is 4.74 Å². The number of aromatic amines is 1. The van der Waals surface area contributed by atoms with Crippen LogP contribution in [0.2, 0.25) is 0 Å². The van der Waals surface area contributed by atoms with E-state index in [1.165, 1.54) is 19.3 Å². The summed E-state index contributed by atoms with van der Waals surface area (Å²) in [4.78, 5) is 15.3. The van der Waals surface area contributed by atoms with Gasteiger partial charge in [-0.1, -0.05) is 20.3 Å². The van der Waals surface area contributed by atoms with Crippen LogP contribution in [0.4, 0.5) is 0 Å². The van der Waals surface area contributed by atoms with E-state index in [1.54, 1.807) is 0 Å². The van der Waals surface area contributed by atoms with Gasteiger partial charge in [0.15, 0.2) is 5.69 Å². The first-order valence-electron chi connectivity index (χ1n) is 9.38. The van der Waals surface area contributed by atoms with Crippen LogP contribution in [-0.2, 0) is 4.74 Å². The van der Waals surface area contributed by atoms with Crippen molar-refractivity contribution in [2.75, 3.05) is 32.8 Å². The van der Waals surface area contributed by atoms with Gasteiger partial charge < -0.3 is 10.1 Å².